The van der Waals surface area contributed by atoms with E-state index in [-0.39, 0.29) is 18.7 Å². The van der Waals surface area contributed by atoms with Gasteiger partial charge in [0.1, 0.15) is 0 Å². The van der Waals surface area contributed by atoms with E-state index < -0.39 is 0 Å². The lowest BCUT2D eigenvalue weighted by molar-refractivity contribution is 0.0498. The van der Waals surface area contributed by atoms with Crippen molar-refractivity contribution in [2.24, 2.45) is 5.73 Å². The minimum absolute atomic E-state index is 0.112. The summed E-state index contributed by atoms with van der Waals surface area (Å²) in [5.41, 5.74) is 6.02. The zero-order valence-electron chi connectivity index (χ0n) is 9.45. The lowest BCUT2D eigenvalue weighted by Crippen LogP contribution is -2.54. The molecule has 0 aliphatic carbocycles. The molecule has 1 fully saturated rings. The van der Waals surface area contributed by atoms with E-state index in [4.69, 9.17) is 5.73 Å². The van der Waals surface area contributed by atoms with Gasteiger partial charge in [-0.25, -0.2) is 0 Å². The summed E-state index contributed by atoms with van der Waals surface area (Å²) in [6, 6.07) is 0.856. The molecule has 0 aromatic rings. The molecule has 3 atom stereocenters. The summed E-state index contributed by atoms with van der Waals surface area (Å²) >= 11 is 0. The highest BCUT2D eigenvalue weighted by molar-refractivity contribution is 4.86. The maximum atomic E-state index is 9.38. The summed E-state index contributed by atoms with van der Waals surface area (Å²) in [7, 11) is 0. The van der Waals surface area contributed by atoms with Crippen molar-refractivity contribution in [3.8, 4) is 0 Å². The van der Waals surface area contributed by atoms with Crippen LogP contribution in [0.5, 0.6) is 0 Å². The predicted molar refractivity (Wildman–Crippen MR) is 59.2 cm³/mol. The molecule has 14 heavy (non-hydrogen) atoms. The molecule has 0 spiro atoms. The van der Waals surface area contributed by atoms with Gasteiger partial charge < -0.3 is 10.8 Å². The number of nitrogens with zero attached hydrogens (tertiary/aromatic N) is 1. The Morgan fingerprint density at radius 3 is 2.71 bits per heavy atom. The Hall–Kier alpha value is -0.120. The number of rotatable bonds is 4. The maximum absolute atomic E-state index is 9.38. The van der Waals surface area contributed by atoms with Gasteiger partial charge in [0, 0.05) is 18.1 Å². The van der Waals surface area contributed by atoms with Crippen molar-refractivity contribution in [1.82, 2.24) is 4.90 Å². The molecule has 3 heteroatoms. The van der Waals surface area contributed by atoms with Crippen LogP contribution in [-0.2, 0) is 0 Å². The number of likely N-dealkylation sites (tertiary alicyclic amines) is 1. The first-order valence-corrected chi connectivity index (χ1v) is 5.82. The van der Waals surface area contributed by atoms with Crippen LogP contribution >= 0.6 is 0 Å². The monoisotopic (exact) mass is 200 g/mol. The Morgan fingerprint density at radius 1 is 1.50 bits per heavy atom. The third-order valence-corrected chi connectivity index (χ3v) is 3.43. The van der Waals surface area contributed by atoms with E-state index in [1.54, 1.807) is 0 Å². The van der Waals surface area contributed by atoms with Gasteiger partial charge in [-0.1, -0.05) is 13.3 Å². The molecule has 3 unspecified atom stereocenters. The van der Waals surface area contributed by atoms with E-state index in [2.05, 4.69) is 18.7 Å². The van der Waals surface area contributed by atoms with Crippen LogP contribution in [0, 0.1) is 0 Å². The molecule has 0 aromatic heterocycles. The van der Waals surface area contributed by atoms with Crippen molar-refractivity contribution in [2.45, 2.75) is 57.7 Å². The van der Waals surface area contributed by atoms with Crippen molar-refractivity contribution in [3.63, 3.8) is 0 Å². The molecule has 84 valence electrons. The zero-order chi connectivity index (χ0) is 10.6. The van der Waals surface area contributed by atoms with Crippen LogP contribution in [0.1, 0.15) is 39.5 Å². The van der Waals surface area contributed by atoms with Crippen molar-refractivity contribution >= 4 is 0 Å². The molecule has 1 heterocycles. The molecule has 1 aliphatic rings. The third kappa shape index (κ3) is 2.69. The van der Waals surface area contributed by atoms with E-state index in [0.717, 1.165) is 13.0 Å². The van der Waals surface area contributed by atoms with Gasteiger partial charge in [-0.3, -0.25) is 4.90 Å². The Bertz CT molecular complexity index is 159. The lowest BCUT2D eigenvalue weighted by atomic mass is 9.97. The number of aliphatic hydroxyl groups is 1. The molecule has 0 bridgehead atoms. The topological polar surface area (TPSA) is 49.5 Å². The van der Waals surface area contributed by atoms with Crippen LogP contribution in [0.25, 0.3) is 0 Å². The number of hydrogen-bond donors (Lipinski definition) is 2. The highest BCUT2D eigenvalue weighted by Gasteiger charge is 2.28. The zero-order valence-corrected chi connectivity index (χ0v) is 9.45. The van der Waals surface area contributed by atoms with Gasteiger partial charge in [0.2, 0.25) is 0 Å². The smallest absolute Gasteiger partial charge is 0.0602 e. The predicted octanol–water partition coefficient (Wildman–Crippen LogP) is 0.959. The molecular weight excluding hydrogens is 176 g/mol. The summed E-state index contributed by atoms with van der Waals surface area (Å²) in [4.78, 5) is 2.39. The number of piperidine rings is 1. The van der Waals surface area contributed by atoms with Gasteiger partial charge in [-0.2, -0.15) is 0 Å². The Kier molecular flexibility index (Phi) is 4.85. The van der Waals surface area contributed by atoms with Crippen molar-refractivity contribution in [1.29, 1.82) is 0 Å². The van der Waals surface area contributed by atoms with Crippen molar-refractivity contribution in [2.75, 3.05) is 13.2 Å². The van der Waals surface area contributed by atoms with Gasteiger partial charge in [-0.05, 0) is 32.7 Å². The fraction of sp³-hybridized carbons (Fsp3) is 1.00. The van der Waals surface area contributed by atoms with E-state index >= 15 is 0 Å². The highest BCUT2D eigenvalue weighted by Crippen LogP contribution is 2.20. The second-order valence-electron chi connectivity index (χ2n) is 4.40. The van der Waals surface area contributed by atoms with Crippen LogP contribution in [0.4, 0.5) is 0 Å². The molecule has 1 saturated heterocycles. The van der Waals surface area contributed by atoms with E-state index in [1.807, 2.05) is 0 Å². The Labute approximate surface area is 87.3 Å². The minimum atomic E-state index is 0.112. The summed E-state index contributed by atoms with van der Waals surface area (Å²) in [5.74, 6) is 0. The van der Waals surface area contributed by atoms with Crippen LogP contribution in [-0.4, -0.2) is 41.3 Å². The Balaban J connectivity index is 2.57. The quantitative estimate of drug-likeness (QED) is 0.710. The Morgan fingerprint density at radius 2 is 2.21 bits per heavy atom. The standard InChI is InChI=1S/C11H24N2O/c1-3-10(12)11(8-14)13-7-5-4-6-9(13)2/h9-11,14H,3-8,12H2,1-2H3. The van der Waals surface area contributed by atoms with Gasteiger partial charge in [0.05, 0.1) is 6.61 Å². The summed E-state index contributed by atoms with van der Waals surface area (Å²) in [6.07, 6.45) is 4.75. The summed E-state index contributed by atoms with van der Waals surface area (Å²) in [6.45, 7) is 5.62. The first-order valence-electron chi connectivity index (χ1n) is 5.82. The van der Waals surface area contributed by atoms with Crippen LogP contribution < -0.4 is 5.73 Å². The van der Waals surface area contributed by atoms with E-state index in [1.165, 1.54) is 19.3 Å². The first kappa shape index (κ1) is 12.0. The molecule has 1 aliphatic heterocycles. The second kappa shape index (κ2) is 5.69. The fourth-order valence-corrected chi connectivity index (χ4v) is 2.37. The molecule has 0 saturated carbocycles. The SMILES string of the molecule is CCC(N)C(CO)N1CCCCC1C. The fourth-order valence-electron chi connectivity index (χ4n) is 2.37. The van der Waals surface area contributed by atoms with E-state index in [9.17, 15) is 5.11 Å². The minimum Gasteiger partial charge on any atom is -0.395 e. The maximum Gasteiger partial charge on any atom is 0.0602 e. The average molecular weight is 200 g/mol. The largest absolute Gasteiger partial charge is 0.395 e. The normalized spacial score (nSPS) is 28.7. The van der Waals surface area contributed by atoms with Crippen molar-refractivity contribution < 1.29 is 5.11 Å². The van der Waals surface area contributed by atoms with E-state index in [0.29, 0.717) is 6.04 Å². The van der Waals surface area contributed by atoms with Crippen LogP contribution in [0.2, 0.25) is 0 Å². The van der Waals surface area contributed by atoms with Crippen LogP contribution in [0.15, 0.2) is 0 Å². The molecular formula is C11H24N2O. The first-order chi connectivity index (χ1) is 6.70. The third-order valence-electron chi connectivity index (χ3n) is 3.43. The lowest BCUT2D eigenvalue weighted by Gasteiger charge is -2.41. The molecule has 0 amide bonds. The summed E-state index contributed by atoms with van der Waals surface area (Å²) in [5, 5.41) is 9.38. The van der Waals surface area contributed by atoms with Gasteiger partial charge in [-0.15, -0.1) is 0 Å². The number of aliphatic hydroxyl groups excluding tert-OH is 1. The average Bonchev–Trinajstić information content (AvgIpc) is 2.21. The molecule has 3 N–H and O–H groups in total. The van der Waals surface area contributed by atoms with Crippen LogP contribution in [0.3, 0.4) is 0 Å². The molecule has 1 rings (SSSR count). The molecule has 0 radical (unpaired) electrons. The van der Waals surface area contributed by atoms with Crippen molar-refractivity contribution in [3.05, 3.63) is 0 Å². The number of hydrogen-bond acceptors (Lipinski definition) is 3. The van der Waals surface area contributed by atoms with Gasteiger partial charge in [0.15, 0.2) is 0 Å². The number of nitrogens with two attached hydrogens (primary N) is 1. The summed E-state index contributed by atoms with van der Waals surface area (Å²) < 4.78 is 0. The molecule has 3 nitrogen and oxygen atoms in total. The molecule has 0 aromatic carbocycles. The van der Waals surface area contributed by atoms with Gasteiger partial charge in [0.25, 0.3) is 0 Å². The van der Waals surface area contributed by atoms with Gasteiger partial charge >= 0.3 is 0 Å². The second-order valence-corrected chi connectivity index (χ2v) is 4.40. The highest BCUT2D eigenvalue weighted by atomic mass is 16.3.